The standard InChI is InChI=1S/C15H19FN2OS/c16-12-1-2-14-11(7-12)8-13(19-14)9-18-5-3-10(4-6-18)15(17)20/h1-2,7,10,13H,3-6,8-9H2,(H2,17,20). The van der Waals surface area contributed by atoms with Crippen LogP contribution in [0.3, 0.4) is 0 Å². The lowest BCUT2D eigenvalue weighted by Crippen LogP contribution is -2.42. The predicted molar refractivity (Wildman–Crippen MR) is 80.5 cm³/mol. The lowest BCUT2D eigenvalue weighted by atomic mass is 9.96. The molecule has 108 valence electrons. The van der Waals surface area contributed by atoms with Crippen molar-refractivity contribution in [2.45, 2.75) is 25.4 Å². The van der Waals surface area contributed by atoms with Gasteiger partial charge in [0.25, 0.3) is 0 Å². The number of halogens is 1. The van der Waals surface area contributed by atoms with Gasteiger partial charge in [-0.3, -0.25) is 4.90 Å². The highest BCUT2D eigenvalue weighted by Crippen LogP contribution is 2.30. The fourth-order valence-corrected chi connectivity index (χ4v) is 3.31. The Morgan fingerprint density at radius 3 is 2.85 bits per heavy atom. The van der Waals surface area contributed by atoms with E-state index in [9.17, 15) is 4.39 Å². The maximum Gasteiger partial charge on any atom is 0.123 e. The molecule has 2 aliphatic rings. The average molecular weight is 294 g/mol. The monoisotopic (exact) mass is 294 g/mol. The van der Waals surface area contributed by atoms with Crippen molar-refractivity contribution >= 4 is 17.2 Å². The van der Waals surface area contributed by atoms with Gasteiger partial charge in [0.2, 0.25) is 0 Å². The Hall–Kier alpha value is -1.20. The fourth-order valence-electron chi connectivity index (χ4n) is 3.08. The minimum Gasteiger partial charge on any atom is -0.488 e. The second kappa shape index (κ2) is 5.66. The number of nitrogens with zero attached hydrogens (tertiary/aromatic N) is 1. The van der Waals surface area contributed by atoms with E-state index in [1.165, 1.54) is 6.07 Å². The molecule has 1 saturated heterocycles. The van der Waals surface area contributed by atoms with Gasteiger partial charge in [0.15, 0.2) is 0 Å². The lowest BCUT2D eigenvalue weighted by Gasteiger charge is -2.32. The third-order valence-corrected chi connectivity index (χ3v) is 4.55. The van der Waals surface area contributed by atoms with Crippen LogP contribution in [0.25, 0.3) is 0 Å². The second-order valence-corrected chi connectivity index (χ2v) is 6.14. The first kappa shape index (κ1) is 13.8. The van der Waals surface area contributed by atoms with Crippen LogP contribution >= 0.6 is 12.2 Å². The van der Waals surface area contributed by atoms with Gasteiger partial charge in [-0.05, 0) is 44.1 Å². The summed E-state index contributed by atoms with van der Waals surface area (Å²) >= 11 is 5.06. The Kier molecular flexibility index (Phi) is 3.89. The van der Waals surface area contributed by atoms with E-state index in [2.05, 4.69) is 4.90 Å². The highest BCUT2D eigenvalue weighted by molar-refractivity contribution is 7.80. The summed E-state index contributed by atoms with van der Waals surface area (Å²) in [5.74, 6) is 1.02. The highest BCUT2D eigenvalue weighted by atomic mass is 32.1. The number of fused-ring (bicyclic) bond motifs is 1. The van der Waals surface area contributed by atoms with E-state index in [0.717, 1.165) is 50.2 Å². The third kappa shape index (κ3) is 2.94. The smallest absolute Gasteiger partial charge is 0.123 e. The average Bonchev–Trinajstić information content (AvgIpc) is 2.80. The van der Waals surface area contributed by atoms with E-state index >= 15 is 0 Å². The van der Waals surface area contributed by atoms with E-state index in [1.54, 1.807) is 12.1 Å². The van der Waals surface area contributed by atoms with E-state index in [0.29, 0.717) is 10.9 Å². The normalized spacial score (nSPS) is 23.4. The number of rotatable bonds is 3. The van der Waals surface area contributed by atoms with E-state index in [1.807, 2.05) is 0 Å². The molecule has 0 saturated carbocycles. The molecule has 1 fully saturated rings. The Labute approximate surface area is 123 Å². The summed E-state index contributed by atoms with van der Waals surface area (Å²) in [7, 11) is 0. The highest BCUT2D eigenvalue weighted by Gasteiger charge is 2.28. The molecule has 2 aliphatic heterocycles. The number of likely N-dealkylation sites (tertiary alicyclic amines) is 1. The molecule has 1 aromatic carbocycles. The van der Waals surface area contributed by atoms with E-state index < -0.39 is 0 Å². The van der Waals surface area contributed by atoms with Gasteiger partial charge in [0.05, 0.1) is 4.99 Å². The second-order valence-electron chi connectivity index (χ2n) is 5.67. The zero-order valence-electron chi connectivity index (χ0n) is 11.3. The first-order valence-corrected chi connectivity index (χ1v) is 7.49. The molecule has 3 rings (SSSR count). The predicted octanol–water partition coefficient (Wildman–Crippen LogP) is 2.13. The van der Waals surface area contributed by atoms with Gasteiger partial charge in [0, 0.05) is 24.4 Å². The summed E-state index contributed by atoms with van der Waals surface area (Å²) in [6.07, 6.45) is 2.99. The number of benzene rings is 1. The molecule has 0 bridgehead atoms. The number of ether oxygens (including phenoxy) is 1. The van der Waals surface area contributed by atoms with Crippen LogP contribution < -0.4 is 10.5 Å². The summed E-state index contributed by atoms with van der Waals surface area (Å²) in [5, 5.41) is 0. The zero-order valence-corrected chi connectivity index (χ0v) is 12.2. The number of thiocarbonyl (C=S) groups is 1. The Balaban J connectivity index is 1.53. The van der Waals surface area contributed by atoms with Crippen LogP contribution in [0.15, 0.2) is 18.2 Å². The molecule has 1 unspecified atom stereocenters. The number of nitrogens with two attached hydrogens (primary N) is 1. The summed E-state index contributed by atoms with van der Waals surface area (Å²) in [6, 6.07) is 4.76. The van der Waals surface area contributed by atoms with Gasteiger partial charge >= 0.3 is 0 Å². The largest absolute Gasteiger partial charge is 0.488 e. The van der Waals surface area contributed by atoms with E-state index in [4.69, 9.17) is 22.7 Å². The molecule has 2 heterocycles. The molecule has 5 heteroatoms. The van der Waals surface area contributed by atoms with Crippen LogP contribution in [0.5, 0.6) is 5.75 Å². The van der Waals surface area contributed by atoms with Gasteiger partial charge in [-0.2, -0.15) is 0 Å². The van der Waals surface area contributed by atoms with Gasteiger partial charge in [-0.1, -0.05) is 12.2 Å². The van der Waals surface area contributed by atoms with Crippen molar-refractivity contribution in [2.24, 2.45) is 11.7 Å². The van der Waals surface area contributed by atoms with Gasteiger partial charge < -0.3 is 10.5 Å². The molecule has 2 N–H and O–H groups in total. The summed E-state index contributed by atoms with van der Waals surface area (Å²) < 4.78 is 19.1. The first-order chi connectivity index (χ1) is 9.61. The van der Waals surface area contributed by atoms with Gasteiger partial charge in [-0.15, -0.1) is 0 Å². The van der Waals surface area contributed by atoms with Crippen LogP contribution in [-0.4, -0.2) is 35.6 Å². The molecule has 20 heavy (non-hydrogen) atoms. The summed E-state index contributed by atoms with van der Waals surface area (Å²) in [5.41, 5.74) is 6.68. The van der Waals surface area contributed by atoms with Crippen molar-refractivity contribution in [1.82, 2.24) is 4.90 Å². The molecule has 0 spiro atoms. The van der Waals surface area contributed by atoms with Crippen LogP contribution in [-0.2, 0) is 6.42 Å². The van der Waals surface area contributed by atoms with Crippen molar-refractivity contribution in [3.8, 4) is 5.75 Å². The van der Waals surface area contributed by atoms with Crippen molar-refractivity contribution in [3.63, 3.8) is 0 Å². The van der Waals surface area contributed by atoms with E-state index in [-0.39, 0.29) is 11.9 Å². The molecule has 3 nitrogen and oxygen atoms in total. The third-order valence-electron chi connectivity index (χ3n) is 4.22. The van der Waals surface area contributed by atoms with Crippen molar-refractivity contribution in [2.75, 3.05) is 19.6 Å². The minimum atomic E-state index is -0.190. The molecule has 0 aliphatic carbocycles. The zero-order chi connectivity index (χ0) is 14.1. The van der Waals surface area contributed by atoms with Crippen LogP contribution in [0.4, 0.5) is 4.39 Å². The molecule has 0 aromatic heterocycles. The van der Waals surface area contributed by atoms with Gasteiger partial charge in [-0.25, -0.2) is 4.39 Å². The van der Waals surface area contributed by atoms with Crippen molar-refractivity contribution in [1.29, 1.82) is 0 Å². The molecule has 0 amide bonds. The van der Waals surface area contributed by atoms with Crippen molar-refractivity contribution < 1.29 is 9.13 Å². The fraction of sp³-hybridized carbons (Fsp3) is 0.533. The molecular weight excluding hydrogens is 275 g/mol. The molecule has 1 atom stereocenters. The SMILES string of the molecule is NC(=S)C1CCN(CC2Cc3cc(F)ccc3O2)CC1. The van der Waals surface area contributed by atoms with Crippen LogP contribution in [0.1, 0.15) is 18.4 Å². The van der Waals surface area contributed by atoms with Gasteiger partial charge in [0.1, 0.15) is 17.7 Å². The number of hydrogen-bond acceptors (Lipinski definition) is 3. The first-order valence-electron chi connectivity index (χ1n) is 7.08. The number of hydrogen-bond donors (Lipinski definition) is 1. The van der Waals surface area contributed by atoms with Crippen molar-refractivity contribution in [3.05, 3.63) is 29.6 Å². The molecular formula is C15H19FN2OS. The minimum absolute atomic E-state index is 0.133. The maximum absolute atomic E-state index is 13.2. The Morgan fingerprint density at radius 1 is 1.40 bits per heavy atom. The quantitative estimate of drug-likeness (QED) is 0.867. The van der Waals surface area contributed by atoms with Crippen LogP contribution in [0.2, 0.25) is 0 Å². The molecule has 1 aromatic rings. The maximum atomic E-state index is 13.2. The lowest BCUT2D eigenvalue weighted by molar-refractivity contribution is 0.127. The molecule has 0 radical (unpaired) electrons. The Bertz CT molecular complexity index is 515. The number of piperidine rings is 1. The Morgan fingerprint density at radius 2 is 2.15 bits per heavy atom. The summed E-state index contributed by atoms with van der Waals surface area (Å²) in [4.78, 5) is 3.03. The topological polar surface area (TPSA) is 38.5 Å². The van der Waals surface area contributed by atoms with Crippen LogP contribution in [0, 0.1) is 11.7 Å². The summed E-state index contributed by atoms with van der Waals surface area (Å²) in [6.45, 7) is 2.90.